The average molecular weight is 446 g/mol. The molecule has 2 heterocycles. The Kier molecular flexibility index (Phi) is 8.79. The average Bonchev–Trinajstić information content (AvgIpc) is 2.77. The van der Waals surface area contributed by atoms with Crippen LogP contribution in [-0.2, 0) is 16.1 Å². The van der Waals surface area contributed by atoms with Gasteiger partial charge in [-0.15, -0.1) is 0 Å². The highest BCUT2D eigenvalue weighted by Crippen LogP contribution is 2.23. The highest BCUT2D eigenvalue weighted by molar-refractivity contribution is 5.68. The lowest BCUT2D eigenvalue weighted by atomic mass is 9.93. The summed E-state index contributed by atoms with van der Waals surface area (Å²) in [6.45, 7) is 11.4. The molecule has 1 N–H and O–H groups in total. The number of hydrogen-bond acceptors (Lipinski definition) is 5. The Balaban J connectivity index is 1.28. The summed E-state index contributed by atoms with van der Waals surface area (Å²) in [5, 5.41) is 2.91. The van der Waals surface area contributed by atoms with Gasteiger partial charge < -0.3 is 24.6 Å². The van der Waals surface area contributed by atoms with E-state index in [2.05, 4.69) is 10.2 Å². The van der Waals surface area contributed by atoms with E-state index in [9.17, 15) is 9.59 Å². The molecule has 178 valence electrons. The van der Waals surface area contributed by atoms with Crippen molar-refractivity contribution in [2.24, 2.45) is 11.8 Å². The highest BCUT2D eigenvalue weighted by atomic mass is 16.6. The van der Waals surface area contributed by atoms with Gasteiger partial charge in [0, 0.05) is 26.2 Å². The normalized spacial score (nSPS) is 18.9. The van der Waals surface area contributed by atoms with Gasteiger partial charge in [-0.1, -0.05) is 30.3 Å². The highest BCUT2D eigenvalue weighted by Gasteiger charge is 2.27. The number of amides is 2. The van der Waals surface area contributed by atoms with E-state index in [0.29, 0.717) is 25.0 Å². The molecule has 2 saturated heterocycles. The zero-order valence-corrected chi connectivity index (χ0v) is 19.8. The third kappa shape index (κ3) is 8.34. The molecule has 32 heavy (non-hydrogen) atoms. The summed E-state index contributed by atoms with van der Waals surface area (Å²) >= 11 is 0. The summed E-state index contributed by atoms with van der Waals surface area (Å²) in [6.07, 6.45) is 3.72. The first-order valence-corrected chi connectivity index (χ1v) is 11.9. The van der Waals surface area contributed by atoms with Gasteiger partial charge >= 0.3 is 12.2 Å². The van der Waals surface area contributed by atoms with Crippen LogP contribution >= 0.6 is 0 Å². The van der Waals surface area contributed by atoms with E-state index in [0.717, 1.165) is 64.0 Å². The van der Waals surface area contributed by atoms with Crippen LogP contribution in [0.1, 0.15) is 52.0 Å². The van der Waals surface area contributed by atoms with Crippen LogP contribution in [0.15, 0.2) is 30.3 Å². The molecular weight excluding hydrogens is 406 g/mol. The first-order valence-electron chi connectivity index (χ1n) is 11.9. The van der Waals surface area contributed by atoms with Crippen molar-refractivity contribution < 1.29 is 19.1 Å². The lowest BCUT2D eigenvalue weighted by Crippen LogP contribution is -2.44. The van der Waals surface area contributed by atoms with Crippen molar-refractivity contribution >= 4 is 12.2 Å². The van der Waals surface area contributed by atoms with Gasteiger partial charge in [0.25, 0.3) is 0 Å². The minimum atomic E-state index is -0.457. The molecule has 2 aliphatic heterocycles. The van der Waals surface area contributed by atoms with Crippen molar-refractivity contribution in [3.05, 3.63) is 35.9 Å². The fraction of sp³-hybridized carbons (Fsp3) is 0.680. The van der Waals surface area contributed by atoms with E-state index in [1.807, 2.05) is 56.0 Å². The second kappa shape index (κ2) is 11.5. The van der Waals surface area contributed by atoms with Gasteiger partial charge in [-0.05, 0) is 76.9 Å². The van der Waals surface area contributed by atoms with Crippen molar-refractivity contribution in [1.29, 1.82) is 0 Å². The van der Waals surface area contributed by atoms with Crippen LogP contribution in [0.2, 0.25) is 0 Å². The maximum atomic E-state index is 12.3. The summed E-state index contributed by atoms with van der Waals surface area (Å²) in [4.78, 5) is 28.6. The molecule has 0 radical (unpaired) electrons. The molecule has 0 unspecified atom stereocenters. The van der Waals surface area contributed by atoms with Crippen LogP contribution in [0, 0.1) is 11.8 Å². The zero-order chi connectivity index (χ0) is 23.0. The summed E-state index contributed by atoms with van der Waals surface area (Å²) < 4.78 is 10.8. The number of likely N-dealkylation sites (tertiary alicyclic amines) is 2. The van der Waals surface area contributed by atoms with Crippen molar-refractivity contribution in [2.75, 3.05) is 39.3 Å². The first-order chi connectivity index (χ1) is 15.3. The Morgan fingerprint density at radius 2 is 1.59 bits per heavy atom. The molecule has 3 rings (SSSR count). The molecule has 0 spiro atoms. The lowest BCUT2D eigenvalue weighted by Gasteiger charge is -2.37. The molecule has 7 nitrogen and oxygen atoms in total. The number of carbonyl (C=O) groups excluding carboxylic acids is 2. The lowest BCUT2D eigenvalue weighted by molar-refractivity contribution is 0.0506. The second-order valence-electron chi connectivity index (χ2n) is 10.1. The van der Waals surface area contributed by atoms with Crippen molar-refractivity contribution in [3.63, 3.8) is 0 Å². The van der Waals surface area contributed by atoms with Gasteiger partial charge in [0.05, 0.1) is 0 Å². The molecule has 0 saturated carbocycles. The van der Waals surface area contributed by atoms with E-state index in [4.69, 9.17) is 9.47 Å². The molecular formula is C25H39N3O4. The number of benzene rings is 1. The number of nitrogens with one attached hydrogen (secondary N) is 1. The monoisotopic (exact) mass is 445 g/mol. The topological polar surface area (TPSA) is 71.1 Å². The summed E-state index contributed by atoms with van der Waals surface area (Å²) in [6, 6.07) is 9.80. The number of alkyl carbamates (subject to hydrolysis) is 1. The quantitative estimate of drug-likeness (QED) is 0.708. The van der Waals surface area contributed by atoms with Gasteiger partial charge in [-0.25, -0.2) is 9.59 Å². The molecule has 2 fully saturated rings. The van der Waals surface area contributed by atoms with Crippen LogP contribution in [-0.4, -0.2) is 66.9 Å². The number of nitrogens with zero attached hydrogens (tertiary/aromatic N) is 2. The molecule has 0 bridgehead atoms. The van der Waals surface area contributed by atoms with Crippen LogP contribution in [0.25, 0.3) is 0 Å². The van der Waals surface area contributed by atoms with E-state index in [-0.39, 0.29) is 12.2 Å². The number of hydrogen-bond donors (Lipinski definition) is 1. The minimum absolute atomic E-state index is 0.203. The Bertz CT molecular complexity index is 718. The maximum absolute atomic E-state index is 12.3. The van der Waals surface area contributed by atoms with E-state index < -0.39 is 5.60 Å². The predicted octanol–water partition coefficient (Wildman–Crippen LogP) is 4.27. The Labute approximate surface area is 192 Å². The number of ether oxygens (including phenoxy) is 2. The molecule has 1 aromatic rings. The van der Waals surface area contributed by atoms with Crippen molar-refractivity contribution in [3.8, 4) is 0 Å². The van der Waals surface area contributed by atoms with Crippen LogP contribution in [0.4, 0.5) is 9.59 Å². The predicted molar refractivity (Wildman–Crippen MR) is 124 cm³/mol. The zero-order valence-electron chi connectivity index (χ0n) is 19.8. The summed E-state index contributed by atoms with van der Waals surface area (Å²) in [5.74, 6) is 1.14. The summed E-state index contributed by atoms with van der Waals surface area (Å²) in [5.41, 5.74) is 0.558. The van der Waals surface area contributed by atoms with Crippen molar-refractivity contribution in [2.45, 2.75) is 58.7 Å². The van der Waals surface area contributed by atoms with Gasteiger partial charge in [-0.2, -0.15) is 0 Å². The van der Waals surface area contributed by atoms with Crippen molar-refractivity contribution in [1.82, 2.24) is 15.1 Å². The van der Waals surface area contributed by atoms with Crippen LogP contribution in [0.5, 0.6) is 0 Å². The number of rotatable bonds is 6. The van der Waals surface area contributed by atoms with E-state index in [1.165, 1.54) is 0 Å². The van der Waals surface area contributed by atoms with Gasteiger partial charge in [0.2, 0.25) is 0 Å². The molecule has 1 aromatic carbocycles. The van der Waals surface area contributed by atoms with Crippen LogP contribution in [0.3, 0.4) is 0 Å². The van der Waals surface area contributed by atoms with E-state index >= 15 is 0 Å². The second-order valence-corrected chi connectivity index (χ2v) is 10.1. The fourth-order valence-electron chi connectivity index (χ4n) is 4.39. The van der Waals surface area contributed by atoms with Gasteiger partial charge in [0.1, 0.15) is 12.2 Å². The molecule has 2 amide bonds. The Hall–Kier alpha value is -2.28. The Morgan fingerprint density at radius 1 is 0.969 bits per heavy atom. The summed E-state index contributed by atoms with van der Waals surface area (Å²) in [7, 11) is 0. The SMILES string of the molecule is CC(C)(C)OC(=O)NCC1CCN(CC2CCN(C(=O)OCc3ccccc3)CC2)CC1. The molecule has 0 aliphatic carbocycles. The molecule has 7 heteroatoms. The van der Waals surface area contributed by atoms with Crippen LogP contribution < -0.4 is 5.32 Å². The molecule has 0 aromatic heterocycles. The third-order valence-corrected chi connectivity index (χ3v) is 6.24. The first kappa shape index (κ1) is 24.4. The standard InChI is InChI=1S/C25H39N3O4/c1-25(2,3)32-23(29)26-17-20-9-13-27(14-10-20)18-21-11-15-28(16-12-21)24(30)31-19-22-7-5-4-6-8-22/h4-8,20-21H,9-19H2,1-3H3,(H,26,29). The van der Waals surface area contributed by atoms with Gasteiger partial charge in [-0.3, -0.25) is 0 Å². The fourth-order valence-corrected chi connectivity index (χ4v) is 4.39. The maximum Gasteiger partial charge on any atom is 0.410 e. The minimum Gasteiger partial charge on any atom is -0.445 e. The van der Waals surface area contributed by atoms with E-state index in [1.54, 1.807) is 0 Å². The largest absolute Gasteiger partial charge is 0.445 e. The number of carbonyl (C=O) groups is 2. The number of piperidine rings is 2. The molecule has 2 aliphatic rings. The molecule has 0 atom stereocenters. The third-order valence-electron chi connectivity index (χ3n) is 6.24. The Morgan fingerprint density at radius 3 is 2.22 bits per heavy atom. The smallest absolute Gasteiger partial charge is 0.410 e. The van der Waals surface area contributed by atoms with Gasteiger partial charge in [0.15, 0.2) is 0 Å².